The van der Waals surface area contributed by atoms with Gasteiger partial charge in [0.15, 0.2) is 0 Å². The maximum absolute atomic E-state index is 9.68. The Labute approximate surface area is 162 Å². The number of anilines is 2. The summed E-state index contributed by atoms with van der Waals surface area (Å²) in [7, 11) is 0. The van der Waals surface area contributed by atoms with Gasteiger partial charge in [0.25, 0.3) is 0 Å². The van der Waals surface area contributed by atoms with E-state index in [2.05, 4.69) is 32.5 Å². The van der Waals surface area contributed by atoms with Gasteiger partial charge in [0.1, 0.15) is 0 Å². The molecular weight excluding hydrogens is 350 g/mol. The molecule has 6 nitrogen and oxygen atoms in total. The number of aromatic nitrogens is 4. The van der Waals surface area contributed by atoms with Crippen molar-refractivity contribution in [3.8, 4) is 11.1 Å². The highest BCUT2D eigenvalue weighted by Gasteiger charge is 2.24. The number of aliphatic hydroxyl groups excluding tert-OH is 1. The molecule has 2 aromatic carbocycles. The molecule has 1 aliphatic rings. The van der Waals surface area contributed by atoms with Crippen molar-refractivity contribution < 1.29 is 5.11 Å². The Kier molecular flexibility index (Phi) is 4.06. The van der Waals surface area contributed by atoms with Crippen LogP contribution >= 0.6 is 0 Å². The summed E-state index contributed by atoms with van der Waals surface area (Å²) in [5, 5.41) is 18.3. The molecule has 2 aromatic heterocycles. The van der Waals surface area contributed by atoms with Crippen LogP contribution in [0.1, 0.15) is 37.5 Å². The van der Waals surface area contributed by atoms with E-state index in [9.17, 15) is 5.11 Å². The van der Waals surface area contributed by atoms with Crippen LogP contribution in [0.5, 0.6) is 0 Å². The number of hydrogen-bond acceptors (Lipinski definition) is 5. The lowest BCUT2D eigenvalue weighted by atomic mass is 10.0. The van der Waals surface area contributed by atoms with Crippen LogP contribution in [-0.2, 0) is 0 Å². The number of fused-ring (bicyclic) bond motifs is 1. The van der Waals surface area contributed by atoms with Crippen molar-refractivity contribution in [2.24, 2.45) is 0 Å². The second-order valence-corrected chi connectivity index (χ2v) is 7.33. The molecule has 28 heavy (non-hydrogen) atoms. The van der Waals surface area contributed by atoms with Crippen LogP contribution < -0.4 is 5.32 Å². The Morgan fingerprint density at radius 2 is 1.86 bits per heavy atom. The smallest absolute Gasteiger partial charge is 0.227 e. The van der Waals surface area contributed by atoms with Crippen molar-refractivity contribution in [1.29, 1.82) is 0 Å². The van der Waals surface area contributed by atoms with E-state index in [0.29, 0.717) is 12.0 Å². The summed E-state index contributed by atoms with van der Waals surface area (Å²) in [6, 6.07) is 14.7. The van der Waals surface area contributed by atoms with E-state index >= 15 is 0 Å². The summed E-state index contributed by atoms with van der Waals surface area (Å²) in [5.74, 6) is 0.560. The molecule has 0 bridgehead atoms. The van der Waals surface area contributed by atoms with Gasteiger partial charge >= 0.3 is 0 Å². The molecule has 6 heteroatoms. The van der Waals surface area contributed by atoms with Crippen LogP contribution in [0.3, 0.4) is 0 Å². The number of nitrogens with one attached hydrogen (secondary N) is 1. The van der Waals surface area contributed by atoms with E-state index in [1.54, 1.807) is 6.92 Å². The first-order chi connectivity index (χ1) is 13.7. The number of aliphatic hydroxyl groups is 1. The third-order valence-electron chi connectivity index (χ3n) is 5.09. The van der Waals surface area contributed by atoms with Crippen molar-refractivity contribution in [3.63, 3.8) is 0 Å². The molecule has 0 radical (unpaired) electrons. The monoisotopic (exact) mass is 371 g/mol. The lowest BCUT2D eigenvalue weighted by molar-refractivity contribution is 0.199. The lowest BCUT2D eigenvalue weighted by Gasteiger charge is -2.08. The molecule has 0 aliphatic heterocycles. The van der Waals surface area contributed by atoms with E-state index in [4.69, 9.17) is 0 Å². The van der Waals surface area contributed by atoms with Gasteiger partial charge in [-0.15, -0.1) is 0 Å². The first-order valence-electron chi connectivity index (χ1n) is 9.52. The minimum atomic E-state index is -0.462. The highest BCUT2D eigenvalue weighted by atomic mass is 16.3. The zero-order chi connectivity index (χ0) is 19.1. The van der Waals surface area contributed by atoms with Crippen molar-refractivity contribution >= 4 is 22.5 Å². The molecule has 0 amide bonds. The van der Waals surface area contributed by atoms with E-state index in [-0.39, 0.29) is 0 Å². The quantitative estimate of drug-likeness (QED) is 0.535. The standard InChI is InChI=1S/C22H21N5O/c1-14(28)15-2-4-16(5-3-15)17-6-7-18-11-23-22(26-21(18)10-17)25-19-12-24-27(13-19)20-8-9-20/h2-7,10-14,20,28H,8-9H2,1H3,(H,23,25,26). The third-order valence-corrected chi connectivity index (χ3v) is 5.09. The number of hydrogen-bond donors (Lipinski definition) is 2. The average molecular weight is 371 g/mol. The molecule has 4 aromatic rings. The van der Waals surface area contributed by atoms with Gasteiger partial charge in [-0.05, 0) is 42.5 Å². The average Bonchev–Trinajstić information content (AvgIpc) is 3.47. The molecular formula is C22H21N5O. The minimum Gasteiger partial charge on any atom is -0.389 e. The lowest BCUT2D eigenvalue weighted by Crippen LogP contribution is -1.97. The Hall–Kier alpha value is -3.25. The Balaban J connectivity index is 1.42. The normalized spacial score (nSPS) is 14.9. The van der Waals surface area contributed by atoms with Crippen LogP contribution in [0.2, 0.25) is 0 Å². The predicted molar refractivity (Wildman–Crippen MR) is 109 cm³/mol. The second kappa shape index (κ2) is 6.73. The molecule has 0 spiro atoms. The predicted octanol–water partition coefficient (Wildman–Crippen LogP) is 4.63. The first-order valence-corrected chi connectivity index (χ1v) is 9.52. The minimum absolute atomic E-state index is 0.462. The second-order valence-electron chi connectivity index (χ2n) is 7.33. The summed E-state index contributed by atoms with van der Waals surface area (Å²) in [4.78, 5) is 9.09. The summed E-state index contributed by atoms with van der Waals surface area (Å²) in [5.41, 5.74) is 4.85. The SMILES string of the molecule is CC(O)c1ccc(-c2ccc3cnc(Nc4cnn(C5CC5)c4)nc3c2)cc1. The molecule has 140 valence electrons. The van der Waals surface area contributed by atoms with Gasteiger partial charge in [-0.2, -0.15) is 5.10 Å². The van der Waals surface area contributed by atoms with Crippen molar-refractivity contribution in [3.05, 3.63) is 66.6 Å². The van der Waals surface area contributed by atoms with Gasteiger partial charge in [0.2, 0.25) is 5.95 Å². The van der Waals surface area contributed by atoms with Crippen LogP contribution in [0, 0.1) is 0 Å². The van der Waals surface area contributed by atoms with E-state index in [1.165, 1.54) is 12.8 Å². The summed E-state index contributed by atoms with van der Waals surface area (Å²) < 4.78 is 2.00. The molecule has 2 heterocycles. The van der Waals surface area contributed by atoms with Crippen LogP contribution in [0.4, 0.5) is 11.6 Å². The molecule has 1 aliphatic carbocycles. The van der Waals surface area contributed by atoms with E-state index in [0.717, 1.165) is 33.3 Å². The van der Waals surface area contributed by atoms with Gasteiger partial charge in [-0.1, -0.05) is 36.4 Å². The molecule has 1 fully saturated rings. The fraction of sp³-hybridized carbons (Fsp3) is 0.227. The fourth-order valence-electron chi connectivity index (χ4n) is 3.29. The molecule has 0 saturated heterocycles. The third kappa shape index (κ3) is 3.34. The zero-order valence-corrected chi connectivity index (χ0v) is 15.6. The van der Waals surface area contributed by atoms with E-state index in [1.807, 2.05) is 53.6 Å². The number of nitrogens with zero attached hydrogens (tertiary/aromatic N) is 4. The van der Waals surface area contributed by atoms with Crippen LogP contribution in [0.25, 0.3) is 22.0 Å². The molecule has 1 saturated carbocycles. The highest BCUT2D eigenvalue weighted by molar-refractivity contribution is 5.84. The Morgan fingerprint density at radius 3 is 2.61 bits per heavy atom. The molecule has 1 atom stereocenters. The fourth-order valence-corrected chi connectivity index (χ4v) is 3.29. The molecule has 1 unspecified atom stereocenters. The van der Waals surface area contributed by atoms with Gasteiger partial charge < -0.3 is 10.4 Å². The van der Waals surface area contributed by atoms with Gasteiger partial charge in [-0.25, -0.2) is 9.97 Å². The zero-order valence-electron chi connectivity index (χ0n) is 15.6. The molecule has 5 rings (SSSR count). The van der Waals surface area contributed by atoms with Crippen molar-refractivity contribution in [1.82, 2.24) is 19.7 Å². The Bertz CT molecular complexity index is 1130. The Morgan fingerprint density at radius 1 is 1.07 bits per heavy atom. The topological polar surface area (TPSA) is 75.9 Å². The van der Waals surface area contributed by atoms with Gasteiger partial charge in [0, 0.05) is 17.8 Å². The van der Waals surface area contributed by atoms with Crippen molar-refractivity contribution in [2.75, 3.05) is 5.32 Å². The van der Waals surface area contributed by atoms with Gasteiger partial charge in [-0.3, -0.25) is 4.68 Å². The van der Waals surface area contributed by atoms with Crippen LogP contribution in [0.15, 0.2) is 61.1 Å². The maximum atomic E-state index is 9.68. The summed E-state index contributed by atoms with van der Waals surface area (Å²) in [6.07, 6.45) is 7.59. The number of benzene rings is 2. The first kappa shape index (κ1) is 16.9. The number of rotatable bonds is 5. The summed E-state index contributed by atoms with van der Waals surface area (Å²) in [6.45, 7) is 1.77. The molecule has 2 N–H and O–H groups in total. The largest absolute Gasteiger partial charge is 0.389 e. The summed E-state index contributed by atoms with van der Waals surface area (Å²) >= 11 is 0. The van der Waals surface area contributed by atoms with Crippen LogP contribution in [-0.4, -0.2) is 24.9 Å². The van der Waals surface area contributed by atoms with Crippen molar-refractivity contribution in [2.45, 2.75) is 31.9 Å². The maximum Gasteiger partial charge on any atom is 0.227 e. The van der Waals surface area contributed by atoms with E-state index < -0.39 is 6.10 Å². The highest BCUT2D eigenvalue weighted by Crippen LogP contribution is 2.34. The van der Waals surface area contributed by atoms with Gasteiger partial charge in [0.05, 0.1) is 29.5 Å².